The second-order valence-corrected chi connectivity index (χ2v) is 7.75. The molecule has 0 aromatic heterocycles. The first-order valence-corrected chi connectivity index (χ1v) is 8.73. The molecule has 0 bridgehead atoms. The Balaban J connectivity index is 2.04. The molecule has 0 unspecified atom stereocenters. The van der Waals surface area contributed by atoms with Crippen molar-refractivity contribution in [3.05, 3.63) is 35.4 Å². The van der Waals surface area contributed by atoms with Gasteiger partial charge in [-0.1, -0.05) is 12.1 Å². The van der Waals surface area contributed by atoms with Gasteiger partial charge in [-0.3, -0.25) is 4.79 Å². The summed E-state index contributed by atoms with van der Waals surface area (Å²) < 4.78 is 5.45. The van der Waals surface area contributed by atoms with Crippen molar-refractivity contribution in [2.45, 2.75) is 17.0 Å². The average molecular weight is 322 g/mol. The summed E-state index contributed by atoms with van der Waals surface area (Å²) in [4.78, 5) is 12.2. The largest absolute Gasteiger partial charge is 0.381 e. The molecule has 0 saturated carbocycles. The number of thioether (sulfide) groups is 2. The third kappa shape index (κ3) is 4.16. The molecular formula is C15H18N2O2S2. The summed E-state index contributed by atoms with van der Waals surface area (Å²) in [5, 5.41) is 11.9. The van der Waals surface area contributed by atoms with Crippen LogP contribution in [0.1, 0.15) is 27.4 Å². The van der Waals surface area contributed by atoms with E-state index < -0.39 is 5.54 Å². The molecular weight excluding hydrogens is 304 g/mol. The average Bonchev–Trinajstić information content (AvgIpc) is 3.02. The van der Waals surface area contributed by atoms with Crippen LogP contribution in [0.4, 0.5) is 0 Å². The maximum Gasteiger partial charge on any atom is 0.252 e. The number of nitriles is 1. The summed E-state index contributed by atoms with van der Waals surface area (Å²) in [6.45, 7) is 1.80. The first-order valence-electron chi connectivity index (χ1n) is 6.64. The molecule has 6 heteroatoms. The van der Waals surface area contributed by atoms with E-state index in [9.17, 15) is 4.79 Å². The summed E-state index contributed by atoms with van der Waals surface area (Å²) >= 11 is 3.87. The number of rotatable bonds is 5. The van der Waals surface area contributed by atoms with E-state index in [1.54, 1.807) is 6.92 Å². The lowest BCUT2D eigenvalue weighted by Crippen LogP contribution is -2.48. The maximum absolute atomic E-state index is 12.2. The fourth-order valence-electron chi connectivity index (χ4n) is 2.05. The first-order chi connectivity index (χ1) is 10.1. The van der Waals surface area contributed by atoms with E-state index in [2.05, 4.69) is 11.4 Å². The Morgan fingerprint density at radius 3 is 2.57 bits per heavy atom. The van der Waals surface area contributed by atoms with Gasteiger partial charge in [-0.2, -0.15) is 5.26 Å². The van der Waals surface area contributed by atoms with Crippen LogP contribution in [0.25, 0.3) is 0 Å². The highest BCUT2D eigenvalue weighted by Crippen LogP contribution is 2.45. The van der Waals surface area contributed by atoms with Gasteiger partial charge < -0.3 is 10.1 Å². The summed E-state index contributed by atoms with van der Waals surface area (Å²) in [5.74, 6) is 2.10. The van der Waals surface area contributed by atoms with Crippen molar-refractivity contribution in [1.29, 1.82) is 5.26 Å². The van der Waals surface area contributed by atoms with E-state index >= 15 is 0 Å². The predicted octanol–water partition coefficient (Wildman–Crippen LogP) is 2.82. The van der Waals surface area contributed by atoms with E-state index in [0.717, 1.165) is 0 Å². The Kier molecular flexibility index (Phi) is 5.57. The Hall–Kier alpha value is -1.16. The van der Waals surface area contributed by atoms with Crippen molar-refractivity contribution in [1.82, 2.24) is 5.32 Å². The second-order valence-electron chi connectivity index (χ2n) is 5.03. The molecule has 1 amide bonds. The third-order valence-electron chi connectivity index (χ3n) is 3.14. The van der Waals surface area contributed by atoms with Crippen molar-refractivity contribution < 1.29 is 9.53 Å². The molecule has 1 aromatic carbocycles. The van der Waals surface area contributed by atoms with E-state index in [1.165, 1.54) is 24.2 Å². The Morgan fingerprint density at radius 1 is 1.43 bits per heavy atom. The lowest BCUT2D eigenvalue weighted by atomic mass is 10.0. The molecule has 1 aromatic rings. The standard InChI is InChI=1S/C15H18N2O2S2/c1-15(9-16,10-19-2)17-13(18)11-3-5-12(6-4-11)14-20-7-8-21-14/h3-6,14H,7-8,10H2,1-2H3,(H,17,18)/t15-/m0/s1. The van der Waals surface area contributed by atoms with Crippen LogP contribution in [0.3, 0.4) is 0 Å². The normalized spacial score (nSPS) is 18.0. The van der Waals surface area contributed by atoms with Crippen molar-refractivity contribution in [2.24, 2.45) is 0 Å². The van der Waals surface area contributed by atoms with Gasteiger partial charge in [0.25, 0.3) is 5.91 Å². The number of hydrogen-bond acceptors (Lipinski definition) is 5. The van der Waals surface area contributed by atoms with Gasteiger partial charge in [-0.25, -0.2) is 0 Å². The van der Waals surface area contributed by atoms with Crippen LogP contribution >= 0.6 is 23.5 Å². The summed E-state index contributed by atoms with van der Waals surface area (Å²) in [5.41, 5.74) is 0.782. The molecule has 1 heterocycles. The molecule has 0 spiro atoms. The van der Waals surface area contributed by atoms with Crippen molar-refractivity contribution in [3.63, 3.8) is 0 Å². The van der Waals surface area contributed by atoms with Crippen LogP contribution < -0.4 is 5.32 Å². The van der Waals surface area contributed by atoms with Gasteiger partial charge in [0.1, 0.15) is 5.54 Å². The zero-order valence-electron chi connectivity index (χ0n) is 12.1. The molecule has 0 radical (unpaired) electrons. The SMILES string of the molecule is COC[C@](C)(C#N)NC(=O)c1ccc(C2SCCS2)cc1. The highest BCUT2D eigenvalue weighted by Gasteiger charge is 2.26. The van der Waals surface area contributed by atoms with Crippen molar-refractivity contribution >= 4 is 29.4 Å². The molecule has 0 aliphatic carbocycles. The maximum atomic E-state index is 12.2. The van der Waals surface area contributed by atoms with Crippen LogP contribution in [0.5, 0.6) is 0 Å². The van der Waals surface area contributed by atoms with Gasteiger partial charge in [0.05, 0.1) is 17.3 Å². The molecule has 1 N–H and O–H groups in total. The Morgan fingerprint density at radius 2 is 2.05 bits per heavy atom. The number of carbonyl (C=O) groups excluding carboxylic acids is 1. The van der Waals surface area contributed by atoms with Gasteiger partial charge in [0.2, 0.25) is 0 Å². The van der Waals surface area contributed by atoms with Gasteiger partial charge >= 0.3 is 0 Å². The first kappa shape index (κ1) is 16.2. The number of nitrogens with one attached hydrogen (secondary N) is 1. The monoisotopic (exact) mass is 322 g/mol. The fourth-order valence-corrected chi connectivity index (χ4v) is 4.91. The third-order valence-corrected chi connectivity index (χ3v) is 6.24. The Labute approximate surface area is 133 Å². The molecule has 1 aliphatic rings. The molecule has 112 valence electrons. The summed E-state index contributed by atoms with van der Waals surface area (Å²) in [7, 11) is 1.51. The van der Waals surface area contributed by atoms with E-state index in [1.807, 2.05) is 47.8 Å². The lowest BCUT2D eigenvalue weighted by Gasteiger charge is -2.22. The van der Waals surface area contributed by atoms with E-state index in [-0.39, 0.29) is 12.5 Å². The number of carbonyl (C=O) groups is 1. The quantitative estimate of drug-likeness (QED) is 0.903. The second kappa shape index (κ2) is 7.21. The summed E-state index contributed by atoms with van der Waals surface area (Å²) in [6.07, 6.45) is 0. The topological polar surface area (TPSA) is 62.1 Å². The number of nitrogens with zero attached hydrogens (tertiary/aromatic N) is 1. The van der Waals surface area contributed by atoms with Crippen molar-refractivity contribution in [3.8, 4) is 6.07 Å². The minimum atomic E-state index is -1.01. The zero-order chi connectivity index (χ0) is 15.3. The van der Waals surface area contributed by atoms with Gasteiger partial charge in [-0.15, -0.1) is 23.5 Å². The molecule has 1 atom stereocenters. The number of ether oxygens (including phenoxy) is 1. The van der Waals surface area contributed by atoms with Crippen LogP contribution in [0, 0.1) is 11.3 Å². The minimum absolute atomic E-state index is 0.155. The summed E-state index contributed by atoms with van der Waals surface area (Å²) in [6, 6.07) is 9.68. The smallest absolute Gasteiger partial charge is 0.252 e. The molecule has 21 heavy (non-hydrogen) atoms. The molecule has 2 rings (SSSR count). The molecule has 1 fully saturated rings. The highest BCUT2D eigenvalue weighted by molar-refractivity contribution is 8.19. The molecule has 1 aliphatic heterocycles. The number of amides is 1. The van der Waals surface area contributed by atoms with Gasteiger partial charge in [0, 0.05) is 24.2 Å². The zero-order valence-corrected chi connectivity index (χ0v) is 13.7. The predicted molar refractivity (Wildman–Crippen MR) is 87.5 cm³/mol. The highest BCUT2D eigenvalue weighted by atomic mass is 32.2. The Bertz CT molecular complexity index is 536. The van der Waals surface area contributed by atoms with Crippen LogP contribution in [-0.2, 0) is 4.74 Å². The van der Waals surface area contributed by atoms with E-state index in [0.29, 0.717) is 10.1 Å². The fraction of sp³-hybridized carbons (Fsp3) is 0.467. The number of methoxy groups -OCH3 is 1. The minimum Gasteiger partial charge on any atom is -0.381 e. The van der Waals surface area contributed by atoms with Crippen LogP contribution in [0.15, 0.2) is 24.3 Å². The van der Waals surface area contributed by atoms with Crippen LogP contribution in [-0.4, -0.2) is 36.7 Å². The molecule has 4 nitrogen and oxygen atoms in total. The van der Waals surface area contributed by atoms with Crippen molar-refractivity contribution in [2.75, 3.05) is 25.2 Å². The van der Waals surface area contributed by atoms with Gasteiger partial charge in [-0.05, 0) is 24.6 Å². The number of benzene rings is 1. The number of hydrogen-bond donors (Lipinski definition) is 1. The van der Waals surface area contributed by atoms with Crippen LogP contribution in [0.2, 0.25) is 0 Å². The van der Waals surface area contributed by atoms with Gasteiger partial charge in [0.15, 0.2) is 0 Å². The molecule has 1 saturated heterocycles. The lowest BCUT2D eigenvalue weighted by molar-refractivity contribution is 0.0860. The van der Waals surface area contributed by atoms with E-state index in [4.69, 9.17) is 10.00 Å².